The molecule has 6 heteroatoms. The number of aromatic nitrogens is 1. The second-order valence-corrected chi connectivity index (χ2v) is 8.19. The van der Waals surface area contributed by atoms with E-state index in [1.54, 1.807) is 7.11 Å². The second kappa shape index (κ2) is 8.94. The Bertz CT molecular complexity index is 1070. The average Bonchev–Trinajstić information content (AvgIpc) is 2.77. The summed E-state index contributed by atoms with van der Waals surface area (Å²) in [6, 6.07) is 13.8. The van der Waals surface area contributed by atoms with Gasteiger partial charge in [-0.1, -0.05) is 24.3 Å². The Morgan fingerprint density at radius 1 is 1.16 bits per heavy atom. The van der Waals surface area contributed by atoms with Gasteiger partial charge < -0.3 is 19.7 Å². The fourth-order valence-corrected chi connectivity index (χ4v) is 4.18. The lowest BCUT2D eigenvalue weighted by Crippen LogP contribution is -2.48. The third kappa shape index (κ3) is 4.49. The number of aryl methyl sites for hydroxylation is 1. The Labute approximate surface area is 183 Å². The molecule has 0 aliphatic carbocycles. The van der Waals surface area contributed by atoms with Gasteiger partial charge in [0.15, 0.2) is 0 Å². The second-order valence-electron chi connectivity index (χ2n) is 8.19. The Morgan fingerprint density at radius 2 is 1.87 bits per heavy atom. The molecule has 31 heavy (non-hydrogen) atoms. The smallest absolute Gasteiger partial charge is 0.254 e. The molecular weight excluding hydrogens is 390 g/mol. The van der Waals surface area contributed by atoms with Gasteiger partial charge in [0.2, 0.25) is 0 Å². The van der Waals surface area contributed by atoms with E-state index in [1.807, 2.05) is 74.3 Å². The van der Waals surface area contributed by atoms with Crippen LogP contribution < -0.4 is 10.1 Å². The van der Waals surface area contributed by atoms with Crippen molar-refractivity contribution in [3.05, 3.63) is 65.4 Å². The van der Waals surface area contributed by atoms with Gasteiger partial charge in [0.05, 0.1) is 19.3 Å². The van der Waals surface area contributed by atoms with Crippen LogP contribution in [0, 0.1) is 6.92 Å². The van der Waals surface area contributed by atoms with Gasteiger partial charge in [-0.25, -0.2) is 0 Å². The van der Waals surface area contributed by atoms with Crippen molar-refractivity contribution < 1.29 is 14.3 Å². The first-order valence-electron chi connectivity index (χ1n) is 10.7. The number of pyridine rings is 1. The highest BCUT2D eigenvalue weighted by atomic mass is 16.5. The number of benzene rings is 2. The van der Waals surface area contributed by atoms with Gasteiger partial charge in [0.25, 0.3) is 5.91 Å². The van der Waals surface area contributed by atoms with Crippen molar-refractivity contribution in [3.8, 4) is 5.75 Å². The van der Waals surface area contributed by atoms with Crippen LogP contribution in [0.25, 0.3) is 10.9 Å². The molecule has 1 fully saturated rings. The van der Waals surface area contributed by atoms with E-state index in [9.17, 15) is 4.79 Å². The zero-order valence-corrected chi connectivity index (χ0v) is 18.5. The van der Waals surface area contributed by atoms with Crippen molar-refractivity contribution in [2.45, 2.75) is 39.5 Å². The largest absolute Gasteiger partial charge is 0.494 e. The lowest BCUT2D eigenvalue weighted by Gasteiger charge is -2.35. The number of rotatable bonds is 5. The van der Waals surface area contributed by atoms with Gasteiger partial charge in [-0.3, -0.25) is 9.78 Å². The number of hydrogen-bond donors (Lipinski definition) is 1. The molecule has 4 rings (SSSR count). The van der Waals surface area contributed by atoms with Crippen molar-refractivity contribution in [3.63, 3.8) is 0 Å². The summed E-state index contributed by atoms with van der Waals surface area (Å²) in [5.74, 6) is 0.819. The molecule has 2 heterocycles. The molecule has 3 aromatic rings. The molecule has 1 aromatic heterocycles. The van der Waals surface area contributed by atoms with Crippen molar-refractivity contribution >= 4 is 22.5 Å². The average molecular weight is 420 g/mol. The SMILES string of the molecule is COc1cccc2c(NCc3ccc(C(=O)N4CC(C)OC(C)C4)cc3)c(C)cnc12. The number of amides is 1. The van der Waals surface area contributed by atoms with Crippen molar-refractivity contribution in [2.75, 3.05) is 25.5 Å². The minimum Gasteiger partial charge on any atom is -0.494 e. The summed E-state index contributed by atoms with van der Waals surface area (Å²) in [7, 11) is 1.66. The van der Waals surface area contributed by atoms with Crippen LogP contribution >= 0.6 is 0 Å². The fraction of sp³-hybridized carbons (Fsp3) is 0.360. The first-order chi connectivity index (χ1) is 15.0. The summed E-state index contributed by atoms with van der Waals surface area (Å²) in [6.45, 7) is 7.96. The number of anilines is 1. The molecule has 1 saturated heterocycles. The monoisotopic (exact) mass is 419 g/mol. The Kier molecular flexibility index (Phi) is 6.09. The summed E-state index contributed by atoms with van der Waals surface area (Å²) in [4.78, 5) is 19.3. The van der Waals surface area contributed by atoms with E-state index in [1.165, 1.54) is 0 Å². The van der Waals surface area contributed by atoms with Gasteiger partial charge in [0, 0.05) is 42.5 Å². The van der Waals surface area contributed by atoms with Crippen LogP contribution in [0.3, 0.4) is 0 Å². The Morgan fingerprint density at radius 3 is 2.55 bits per heavy atom. The maximum Gasteiger partial charge on any atom is 0.254 e. The van der Waals surface area contributed by atoms with Crippen LogP contribution in [-0.4, -0.2) is 48.2 Å². The topological polar surface area (TPSA) is 63.7 Å². The number of carbonyl (C=O) groups is 1. The molecule has 0 bridgehead atoms. The van der Waals surface area contributed by atoms with E-state index in [2.05, 4.69) is 10.3 Å². The summed E-state index contributed by atoms with van der Waals surface area (Å²) in [5, 5.41) is 4.57. The van der Waals surface area contributed by atoms with E-state index >= 15 is 0 Å². The number of nitrogens with zero attached hydrogens (tertiary/aromatic N) is 2. The number of nitrogens with one attached hydrogen (secondary N) is 1. The molecule has 2 aromatic carbocycles. The van der Waals surface area contributed by atoms with E-state index in [4.69, 9.17) is 9.47 Å². The lowest BCUT2D eigenvalue weighted by atomic mass is 10.1. The Hall–Kier alpha value is -3.12. The van der Waals surface area contributed by atoms with Crippen LogP contribution in [0.2, 0.25) is 0 Å². The highest BCUT2D eigenvalue weighted by Crippen LogP contribution is 2.31. The molecule has 2 atom stereocenters. The molecular formula is C25H29N3O3. The van der Waals surface area contributed by atoms with Gasteiger partial charge in [-0.15, -0.1) is 0 Å². The molecule has 6 nitrogen and oxygen atoms in total. The molecule has 2 unspecified atom stereocenters. The predicted octanol–water partition coefficient (Wildman–Crippen LogP) is 4.41. The van der Waals surface area contributed by atoms with E-state index in [0.29, 0.717) is 25.2 Å². The number of hydrogen-bond acceptors (Lipinski definition) is 5. The number of morpholine rings is 1. The minimum atomic E-state index is 0.0598. The summed E-state index contributed by atoms with van der Waals surface area (Å²) < 4.78 is 11.2. The van der Waals surface area contributed by atoms with Gasteiger partial charge in [0.1, 0.15) is 11.3 Å². The van der Waals surface area contributed by atoms with Gasteiger partial charge in [-0.05, 0) is 50.1 Å². The van der Waals surface area contributed by atoms with Gasteiger partial charge in [-0.2, -0.15) is 0 Å². The molecule has 1 aliphatic rings. The fourth-order valence-electron chi connectivity index (χ4n) is 4.18. The highest BCUT2D eigenvalue weighted by molar-refractivity contribution is 5.96. The van der Waals surface area contributed by atoms with Crippen LogP contribution in [-0.2, 0) is 11.3 Å². The van der Waals surface area contributed by atoms with Crippen molar-refractivity contribution in [2.24, 2.45) is 0 Å². The zero-order valence-electron chi connectivity index (χ0n) is 18.5. The third-order valence-corrected chi connectivity index (χ3v) is 5.65. The van der Waals surface area contributed by atoms with Crippen molar-refractivity contribution in [1.29, 1.82) is 0 Å². The van der Waals surface area contributed by atoms with Crippen LogP contribution in [0.4, 0.5) is 5.69 Å². The molecule has 1 amide bonds. The molecule has 1 aliphatic heterocycles. The van der Waals surface area contributed by atoms with Crippen molar-refractivity contribution in [1.82, 2.24) is 9.88 Å². The number of carbonyl (C=O) groups excluding carboxylic acids is 1. The van der Waals surface area contributed by atoms with Crippen LogP contribution in [0.5, 0.6) is 5.75 Å². The summed E-state index contributed by atoms with van der Waals surface area (Å²) in [6.07, 6.45) is 1.99. The number of fused-ring (bicyclic) bond motifs is 1. The van der Waals surface area contributed by atoms with Crippen LogP contribution in [0.1, 0.15) is 35.3 Å². The molecule has 0 radical (unpaired) electrons. The Balaban J connectivity index is 1.48. The quantitative estimate of drug-likeness (QED) is 0.664. The van der Waals surface area contributed by atoms with Crippen LogP contribution in [0.15, 0.2) is 48.7 Å². The minimum absolute atomic E-state index is 0.0598. The van der Waals surface area contributed by atoms with E-state index in [-0.39, 0.29) is 18.1 Å². The lowest BCUT2D eigenvalue weighted by molar-refractivity contribution is -0.0586. The number of methoxy groups -OCH3 is 1. The standard InChI is InChI=1S/C25H29N3O3/c1-16-12-26-24-21(6-5-7-22(24)30-4)23(16)27-13-19-8-10-20(11-9-19)25(29)28-14-17(2)31-18(3)15-28/h5-12,17-18H,13-15H2,1-4H3,(H,26,27). The summed E-state index contributed by atoms with van der Waals surface area (Å²) >= 11 is 0. The third-order valence-electron chi connectivity index (χ3n) is 5.65. The maximum absolute atomic E-state index is 12.9. The van der Waals surface area contributed by atoms with Gasteiger partial charge >= 0.3 is 0 Å². The molecule has 162 valence electrons. The molecule has 1 N–H and O–H groups in total. The molecule has 0 saturated carbocycles. The number of para-hydroxylation sites is 1. The highest BCUT2D eigenvalue weighted by Gasteiger charge is 2.26. The maximum atomic E-state index is 12.9. The molecule has 0 spiro atoms. The van der Waals surface area contributed by atoms with E-state index in [0.717, 1.165) is 33.5 Å². The first kappa shape index (κ1) is 21.1. The van der Waals surface area contributed by atoms with E-state index < -0.39 is 0 Å². The predicted molar refractivity (Wildman–Crippen MR) is 123 cm³/mol. The normalized spacial score (nSPS) is 18.8. The number of ether oxygens (including phenoxy) is 2. The first-order valence-corrected chi connectivity index (χ1v) is 10.7. The summed E-state index contributed by atoms with van der Waals surface area (Å²) in [5.41, 5.74) is 4.77. The zero-order chi connectivity index (χ0) is 22.0.